The number of aromatic amines is 2. The van der Waals surface area contributed by atoms with Crippen molar-refractivity contribution < 1.29 is 50.1 Å². The topological polar surface area (TPSA) is 132 Å². The first-order chi connectivity index (χ1) is 29.2. The van der Waals surface area contributed by atoms with E-state index in [4.69, 9.17) is 9.47 Å². The first-order valence-corrected chi connectivity index (χ1v) is 18.7. The van der Waals surface area contributed by atoms with Gasteiger partial charge in [0.05, 0.1) is 32.2 Å². The van der Waals surface area contributed by atoms with Gasteiger partial charge in [0.2, 0.25) is 0 Å². The Labute approximate surface area is 345 Å². The molecule has 0 radical (unpaired) electrons. The molecule has 61 heavy (non-hydrogen) atoms. The molecule has 2 fully saturated rings. The highest BCUT2D eigenvalue weighted by Gasteiger charge is 2.34. The molecule has 2 aliphatic rings. The number of hydrogen-bond donors (Lipinski definition) is 2. The number of urea groups is 2. The first kappa shape index (κ1) is 42.0. The van der Waals surface area contributed by atoms with Crippen LogP contribution in [0.5, 0.6) is 17.2 Å². The van der Waals surface area contributed by atoms with Crippen molar-refractivity contribution in [3.05, 3.63) is 126 Å². The van der Waals surface area contributed by atoms with Crippen molar-refractivity contribution in [1.29, 1.82) is 0 Å². The van der Waals surface area contributed by atoms with Crippen molar-refractivity contribution in [2.45, 2.75) is 25.6 Å². The number of ether oxygens (including phenoxy) is 3. The third kappa shape index (κ3) is 9.83. The van der Waals surface area contributed by atoms with Gasteiger partial charge in [0.15, 0.2) is 0 Å². The van der Waals surface area contributed by atoms with Crippen molar-refractivity contribution in [3.8, 4) is 39.5 Å². The molecule has 8 rings (SSSR count). The van der Waals surface area contributed by atoms with Gasteiger partial charge in [-0.25, -0.2) is 9.59 Å². The molecule has 19 heteroatoms. The third-order valence-corrected chi connectivity index (χ3v) is 9.94. The molecule has 2 aliphatic heterocycles. The summed E-state index contributed by atoms with van der Waals surface area (Å²) in [5.74, 6) is 0.883. The number of nitrogens with one attached hydrogen (secondary N) is 2. The third-order valence-electron chi connectivity index (χ3n) is 9.94. The molecule has 2 N–H and O–H groups in total. The van der Waals surface area contributed by atoms with E-state index in [0.717, 1.165) is 34.4 Å². The summed E-state index contributed by atoms with van der Waals surface area (Å²) in [6.45, 7) is 2.03. The predicted molar refractivity (Wildman–Crippen MR) is 212 cm³/mol. The Morgan fingerprint density at radius 1 is 0.623 bits per heavy atom. The SMILES string of the molecule is COc1cc(N2CCN(Cc3cccc(C(F)(F)F)c3)C2=O)ccc1-c1cn[nH]c1.COc1cc(N2CCN(Cc3cccc(OC(F)(F)F)c3)C2=O)ccc1-c1cn[nH]c1. The molecule has 0 unspecified atom stereocenters. The fraction of sp³-hybridized carbons (Fsp3) is 0.238. The van der Waals surface area contributed by atoms with Crippen LogP contribution in [0, 0.1) is 0 Å². The van der Waals surface area contributed by atoms with Crippen molar-refractivity contribution in [3.63, 3.8) is 0 Å². The van der Waals surface area contributed by atoms with Gasteiger partial charge < -0.3 is 24.0 Å². The molecule has 0 aliphatic carbocycles. The van der Waals surface area contributed by atoms with Gasteiger partial charge in [0, 0.05) is 97.4 Å². The molecular weight excluding hydrogens is 811 g/mol. The second kappa shape index (κ2) is 17.6. The molecule has 0 atom stereocenters. The second-order valence-corrected chi connectivity index (χ2v) is 13.8. The largest absolute Gasteiger partial charge is 0.573 e. The van der Waals surface area contributed by atoms with Crippen LogP contribution < -0.4 is 24.0 Å². The van der Waals surface area contributed by atoms with Crippen molar-refractivity contribution in [1.82, 2.24) is 30.2 Å². The molecule has 0 spiro atoms. The number of hydrogen-bond acceptors (Lipinski definition) is 7. The highest BCUT2D eigenvalue weighted by Crippen LogP contribution is 2.37. The van der Waals surface area contributed by atoms with E-state index in [0.29, 0.717) is 60.2 Å². The normalized spacial score (nSPS) is 14.4. The van der Waals surface area contributed by atoms with Crippen LogP contribution in [0.2, 0.25) is 0 Å². The summed E-state index contributed by atoms with van der Waals surface area (Å²) in [6, 6.07) is 21.1. The Kier molecular flexibility index (Phi) is 12.1. The number of halogens is 6. The fourth-order valence-electron chi connectivity index (χ4n) is 7.03. The molecule has 4 heterocycles. The van der Waals surface area contributed by atoms with E-state index in [1.165, 1.54) is 29.2 Å². The molecule has 0 bridgehead atoms. The number of H-pyrrole nitrogens is 2. The molecule has 2 aromatic heterocycles. The first-order valence-electron chi connectivity index (χ1n) is 18.7. The summed E-state index contributed by atoms with van der Waals surface area (Å²) in [4.78, 5) is 32.1. The van der Waals surface area contributed by atoms with E-state index in [1.54, 1.807) is 78.0 Å². The molecule has 6 aromatic rings. The minimum Gasteiger partial charge on any atom is -0.496 e. The number of carbonyl (C=O) groups is 2. The molecule has 0 saturated carbocycles. The molecule has 4 amide bonds. The Morgan fingerprint density at radius 3 is 1.56 bits per heavy atom. The summed E-state index contributed by atoms with van der Waals surface area (Å²) in [5, 5.41) is 13.4. The van der Waals surface area contributed by atoms with Crippen LogP contribution in [-0.2, 0) is 19.3 Å². The Bertz CT molecular complexity index is 2460. The van der Waals surface area contributed by atoms with E-state index < -0.39 is 18.1 Å². The Balaban J connectivity index is 0.000000184. The van der Waals surface area contributed by atoms with Gasteiger partial charge in [-0.15, -0.1) is 13.2 Å². The predicted octanol–water partition coefficient (Wildman–Crippen LogP) is 8.97. The molecular formula is C42H38F6N8O5. The number of anilines is 2. The summed E-state index contributed by atoms with van der Waals surface area (Å²) >= 11 is 0. The average molecular weight is 849 g/mol. The molecule has 13 nitrogen and oxygen atoms in total. The van der Waals surface area contributed by atoms with E-state index in [2.05, 4.69) is 25.1 Å². The maximum Gasteiger partial charge on any atom is 0.573 e. The Morgan fingerprint density at radius 2 is 1.11 bits per heavy atom. The second-order valence-electron chi connectivity index (χ2n) is 13.8. The number of methoxy groups -OCH3 is 2. The van der Waals surface area contributed by atoms with E-state index >= 15 is 0 Å². The van der Waals surface area contributed by atoms with Crippen LogP contribution in [0.4, 0.5) is 47.3 Å². The van der Waals surface area contributed by atoms with Crippen LogP contribution in [0.25, 0.3) is 22.3 Å². The highest BCUT2D eigenvalue weighted by atomic mass is 19.4. The molecule has 318 valence electrons. The quantitative estimate of drug-likeness (QED) is 0.125. The number of rotatable bonds is 11. The van der Waals surface area contributed by atoms with Crippen LogP contribution >= 0.6 is 0 Å². The smallest absolute Gasteiger partial charge is 0.496 e. The number of benzene rings is 4. The summed E-state index contributed by atoms with van der Waals surface area (Å²) in [6.07, 6.45) is -2.33. The van der Waals surface area contributed by atoms with Gasteiger partial charge in [-0.2, -0.15) is 23.4 Å². The number of nitrogens with zero attached hydrogens (tertiary/aromatic N) is 6. The standard InChI is InChI=1S/C21H19F3N4O3.C21H19F3N4O2/c1-30-19-10-16(5-6-18(19)15-11-25-26-12-15)28-8-7-27(20(28)29)13-14-3-2-4-17(9-14)31-21(22,23)24;1-30-19-10-17(5-6-18(19)15-11-25-26-12-15)28-8-7-27(20(28)29)13-14-3-2-4-16(9-14)21(22,23)24/h2-6,9-12H,7-8,13H2,1H3,(H,25,26);2-6,9-12H,7-8,13H2,1H3,(H,25,26). The van der Waals surface area contributed by atoms with Crippen molar-refractivity contribution in [2.75, 3.05) is 50.2 Å². The number of carbonyl (C=O) groups excluding carboxylic acids is 2. The van der Waals surface area contributed by atoms with Gasteiger partial charge in [-0.05, 0) is 59.7 Å². The zero-order valence-electron chi connectivity index (χ0n) is 32.6. The van der Waals surface area contributed by atoms with Crippen molar-refractivity contribution >= 4 is 23.4 Å². The van der Waals surface area contributed by atoms with Gasteiger partial charge in [-0.3, -0.25) is 20.0 Å². The van der Waals surface area contributed by atoms with Gasteiger partial charge in [0.1, 0.15) is 17.2 Å². The van der Waals surface area contributed by atoms with Crippen LogP contribution in [0.15, 0.2) is 110 Å². The summed E-state index contributed by atoms with van der Waals surface area (Å²) in [5.41, 5.74) is 4.99. The molecule has 2 saturated heterocycles. The zero-order chi connectivity index (χ0) is 43.3. The van der Waals surface area contributed by atoms with Crippen LogP contribution in [-0.4, -0.2) is 89.0 Å². The average Bonchev–Trinajstić information content (AvgIpc) is 4.08. The van der Waals surface area contributed by atoms with E-state index in [-0.39, 0.29) is 30.9 Å². The van der Waals surface area contributed by atoms with Crippen LogP contribution in [0.1, 0.15) is 16.7 Å². The fourth-order valence-corrected chi connectivity index (χ4v) is 7.03. The maximum absolute atomic E-state index is 12.9. The minimum absolute atomic E-state index is 0.115. The lowest BCUT2D eigenvalue weighted by molar-refractivity contribution is -0.274. The summed E-state index contributed by atoms with van der Waals surface area (Å²) in [7, 11) is 3.10. The monoisotopic (exact) mass is 848 g/mol. The molecule has 4 aromatic carbocycles. The van der Waals surface area contributed by atoms with Gasteiger partial charge >= 0.3 is 24.6 Å². The van der Waals surface area contributed by atoms with Crippen molar-refractivity contribution in [2.24, 2.45) is 0 Å². The number of aromatic nitrogens is 4. The lowest BCUT2D eigenvalue weighted by atomic mass is 10.1. The van der Waals surface area contributed by atoms with E-state index in [9.17, 15) is 35.9 Å². The summed E-state index contributed by atoms with van der Waals surface area (Å²) < 4.78 is 91.1. The lowest BCUT2D eigenvalue weighted by Crippen LogP contribution is -2.31. The van der Waals surface area contributed by atoms with Crippen LogP contribution in [0.3, 0.4) is 0 Å². The number of alkyl halides is 6. The Hall–Kier alpha value is -7.18. The lowest BCUT2D eigenvalue weighted by Gasteiger charge is -2.20. The highest BCUT2D eigenvalue weighted by molar-refractivity contribution is 5.95. The van der Waals surface area contributed by atoms with Gasteiger partial charge in [0.25, 0.3) is 0 Å². The maximum atomic E-state index is 12.9. The van der Waals surface area contributed by atoms with E-state index in [1.807, 2.05) is 24.3 Å². The number of amides is 4. The zero-order valence-corrected chi connectivity index (χ0v) is 32.6. The van der Waals surface area contributed by atoms with Gasteiger partial charge in [-0.1, -0.05) is 24.3 Å². The minimum atomic E-state index is -4.76.